The summed E-state index contributed by atoms with van der Waals surface area (Å²) in [5.74, 6) is 0.183. The van der Waals surface area contributed by atoms with E-state index in [4.69, 9.17) is 18.9 Å². The summed E-state index contributed by atoms with van der Waals surface area (Å²) in [5.41, 5.74) is 1.18. The van der Waals surface area contributed by atoms with Gasteiger partial charge in [0, 0.05) is 31.7 Å². The Labute approximate surface area is 209 Å². The van der Waals surface area contributed by atoms with Crippen LogP contribution in [0.1, 0.15) is 23.6 Å². The molecule has 1 N–H and O–H groups in total. The van der Waals surface area contributed by atoms with Crippen molar-refractivity contribution >= 4 is 17.4 Å². The second-order valence-electron chi connectivity index (χ2n) is 8.93. The van der Waals surface area contributed by atoms with Gasteiger partial charge >= 0.3 is 0 Å². The number of morpholine rings is 1. The first-order valence-corrected chi connectivity index (χ1v) is 12.2. The molecule has 2 aromatic carbocycles. The second kappa shape index (κ2) is 10.6. The molecule has 2 fully saturated rings. The molecule has 36 heavy (non-hydrogen) atoms. The van der Waals surface area contributed by atoms with Crippen LogP contribution in [0.15, 0.2) is 48.0 Å². The summed E-state index contributed by atoms with van der Waals surface area (Å²) in [6, 6.07) is 11.5. The number of hydrogen-bond acceptors (Lipinski definition) is 8. The summed E-state index contributed by atoms with van der Waals surface area (Å²) in [5, 5.41) is 11.3. The number of methoxy groups -OCH3 is 1. The minimum atomic E-state index is -0.714. The summed E-state index contributed by atoms with van der Waals surface area (Å²) < 4.78 is 21.9. The van der Waals surface area contributed by atoms with E-state index in [-0.39, 0.29) is 11.3 Å². The first-order valence-electron chi connectivity index (χ1n) is 12.2. The van der Waals surface area contributed by atoms with E-state index in [0.29, 0.717) is 62.2 Å². The molecule has 0 unspecified atom stereocenters. The Bertz CT molecular complexity index is 1160. The highest BCUT2D eigenvalue weighted by atomic mass is 16.6. The third-order valence-electron chi connectivity index (χ3n) is 6.76. The van der Waals surface area contributed by atoms with E-state index in [1.54, 1.807) is 42.3 Å². The first-order chi connectivity index (χ1) is 17.6. The molecule has 190 valence electrons. The molecule has 0 saturated carbocycles. The molecule has 0 aliphatic carbocycles. The number of rotatable bonds is 7. The molecular weight excluding hydrogens is 464 g/mol. The number of aliphatic hydroxyl groups is 1. The molecule has 0 aromatic heterocycles. The third-order valence-corrected chi connectivity index (χ3v) is 6.76. The highest BCUT2D eigenvalue weighted by molar-refractivity contribution is 6.46. The normalized spacial score (nSPS) is 21.6. The molecule has 9 nitrogen and oxygen atoms in total. The Morgan fingerprint density at radius 1 is 0.972 bits per heavy atom. The average Bonchev–Trinajstić information content (AvgIpc) is 3.18. The van der Waals surface area contributed by atoms with E-state index in [1.807, 2.05) is 12.1 Å². The van der Waals surface area contributed by atoms with Gasteiger partial charge in [-0.2, -0.15) is 0 Å². The highest BCUT2D eigenvalue weighted by Crippen LogP contribution is 2.41. The van der Waals surface area contributed by atoms with Gasteiger partial charge in [0.25, 0.3) is 11.7 Å². The van der Waals surface area contributed by atoms with Gasteiger partial charge in [-0.15, -0.1) is 0 Å². The number of nitrogens with zero attached hydrogens (tertiary/aromatic N) is 2. The van der Waals surface area contributed by atoms with E-state index in [0.717, 1.165) is 25.2 Å². The molecule has 3 heterocycles. The maximum absolute atomic E-state index is 13.3. The Hall–Kier alpha value is -3.56. The fourth-order valence-electron chi connectivity index (χ4n) is 4.88. The van der Waals surface area contributed by atoms with Gasteiger partial charge in [-0.3, -0.25) is 14.5 Å². The first kappa shape index (κ1) is 24.1. The summed E-state index contributed by atoms with van der Waals surface area (Å²) in [6.45, 7) is 5.13. The highest BCUT2D eigenvalue weighted by Gasteiger charge is 2.46. The average molecular weight is 495 g/mol. The van der Waals surface area contributed by atoms with E-state index >= 15 is 0 Å². The standard InChI is InChI=1S/C27H30N2O7/c1-33-20-6-3-18(4-7-20)24-23(25(30)19-5-8-21-22(17-19)36-16-15-35-21)26(31)27(32)29(24)10-2-9-28-11-13-34-14-12-28/h3-8,17,24,30H,2,9-16H2,1H3/t24-/m0/s1. The van der Waals surface area contributed by atoms with Crippen molar-refractivity contribution in [3.63, 3.8) is 0 Å². The number of fused-ring (bicyclic) bond motifs is 1. The number of benzene rings is 2. The van der Waals surface area contributed by atoms with Crippen LogP contribution in [0.25, 0.3) is 5.76 Å². The molecule has 3 aliphatic heterocycles. The predicted octanol–water partition coefficient (Wildman–Crippen LogP) is 2.61. The number of carbonyl (C=O) groups excluding carboxylic acids is 2. The maximum Gasteiger partial charge on any atom is 0.295 e. The lowest BCUT2D eigenvalue weighted by molar-refractivity contribution is -0.140. The van der Waals surface area contributed by atoms with Crippen LogP contribution in [-0.2, 0) is 14.3 Å². The smallest absolute Gasteiger partial charge is 0.295 e. The fourth-order valence-corrected chi connectivity index (χ4v) is 4.88. The summed E-state index contributed by atoms with van der Waals surface area (Å²) in [6.07, 6.45) is 0.698. The van der Waals surface area contributed by atoms with Crippen molar-refractivity contribution in [3.05, 3.63) is 59.2 Å². The van der Waals surface area contributed by atoms with Gasteiger partial charge in [0.15, 0.2) is 11.5 Å². The van der Waals surface area contributed by atoms with Crippen LogP contribution in [0.5, 0.6) is 17.2 Å². The van der Waals surface area contributed by atoms with Crippen molar-refractivity contribution in [1.29, 1.82) is 0 Å². The molecule has 0 bridgehead atoms. The van der Waals surface area contributed by atoms with Crippen LogP contribution < -0.4 is 14.2 Å². The molecular formula is C27H30N2O7. The lowest BCUT2D eigenvalue weighted by Gasteiger charge is -2.29. The Morgan fingerprint density at radius 3 is 2.42 bits per heavy atom. The molecule has 2 aromatic rings. The van der Waals surface area contributed by atoms with Gasteiger partial charge in [0.1, 0.15) is 24.7 Å². The molecule has 0 radical (unpaired) electrons. The number of likely N-dealkylation sites (tertiary alicyclic amines) is 1. The molecule has 9 heteroatoms. The zero-order chi connectivity index (χ0) is 25.1. The molecule has 1 amide bonds. The molecule has 3 aliphatic rings. The monoisotopic (exact) mass is 494 g/mol. The number of hydrogen-bond donors (Lipinski definition) is 1. The number of ether oxygens (including phenoxy) is 4. The third kappa shape index (κ3) is 4.76. The zero-order valence-electron chi connectivity index (χ0n) is 20.3. The van der Waals surface area contributed by atoms with Gasteiger partial charge in [-0.25, -0.2) is 0 Å². The van der Waals surface area contributed by atoms with Gasteiger partial charge in [-0.1, -0.05) is 12.1 Å². The van der Waals surface area contributed by atoms with Crippen molar-refractivity contribution < 1.29 is 33.6 Å². The van der Waals surface area contributed by atoms with E-state index < -0.39 is 17.7 Å². The predicted molar refractivity (Wildman–Crippen MR) is 131 cm³/mol. The summed E-state index contributed by atoms with van der Waals surface area (Å²) in [7, 11) is 1.58. The number of aliphatic hydroxyl groups excluding tert-OH is 1. The molecule has 1 atom stereocenters. The van der Waals surface area contributed by atoms with Crippen molar-refractivity contribution in [2.45, 2.75) is 12.5 Å². The van der Waals surface area contributed by atoms with Crippen LogP contribution >= 0.6 is 0 Å². The summed E-state index contributed by atoms with van der Waals surface area (Å²) >= 11 is 0. The lowest BCUT2D eigenvalue weighted by atomic mass is 9.95. The number of Topliss-reactive ketones (excluding diaryl/α,β-unsaturated/α-hetero) is 1. The maximum atomic E-state index is 13.3. The van der Waals surface area contributed by atoms with Crippen molar-refractivity contribution in [1.82, 2.24) is 9.80 Å². The van der Waals surface area contributed by atoms with Crippen molar-refractivity contribution in [2.75, 3.05) is 59.7 Å². The zero-order valence-corrected chi connectivity index (χ0v) is 20.3. The Balaban J connectivity index is 1.48. The number of ketones is 1. The van der Waals surface area contributed by atoms with Crippen LogP contribution in [-0.4, -0.2) is 86.3 Å². The lowest BCUT2D eigenvalue weighted by Crippen LogP contribution is -2.38. The number of carbonyl (C=O) groups is 2. The quantitative estimate of drug-likeness (QED) is 0.357. The minimum absolute atomic E-state index is 0.0632. The van der Waals surface area contributed by atoms with E-state index in [2.05, 4.69) is 4.90 Å². The van der Waals surface area contributed by atoms with E-state index in [1.165, 1.54) is 0 Å². The number of amides is 1. The Kier molecular flexibility index (Phi) is 7.11. The minimum Gasteiger partial charge on any atom is -0.507 e. The largest absolute Gasteiger partial charge is 0.507 e. The fraction of sp³-hybridized carbons (Fsp3) is 0.407. The molecule has 0 spiro atoms. The topological polar surface area (TPSA) is 97.8 Å². The van der Waals surface area contributed by atoms with Crippen LogP contribution in [0.4, 0.5) is 0 Å². The van der Waals surface area contributed by atoms with Gasteiger partial charge in [0.05, 0.1) is 31.9 Å². The Morgan fingerprint density at radius 2 is 1.69 bits per heavy atom. The summed E-state index contributed by atoms with van der Waals surface area (Å²) in [4.78, 5) is 30.3. The molecule has 2 saturated heterocycles. The molecule has 5 rings (SSSR count). The van der Waals surface area contributed by atoms with Crippen LogP contribution in [0, 0.1) is 0 Å². The SMILES string of the molecule is COc1ccc([C@H]2C(=C(O)c3ccc4c(c3)OCCO4)C(=O)C(=O)N2CCCN2CCOCC2)cc1. The van der Waals surface area contributed by atoms with Crippen molar-refractivity contribution in [2.24, 2.45) is 0 Å². The van der Waals surface area contributed by atoms with Crippen LogP contribution in [0.2, 0.25) is 0 Å². The van der Waals surface area contributed by atoms with Gasteiger partial charge in [0.2, 0.25) is 0 Å². The van der Waals surface area contributed by atoms with Crippen molar-refractivity contribution in [3.8, 4) is 17.2 Å². The van der Waals surface area contributed by atoms with Gasteiger partial charge < -0.3 is 29.0 Å². The van der Waals surface area contributed by atoms with Crippen LogP contribution in [0.3, 0.4) is 0 Å². The second-order valence-corrected chi connectivity index (χ2v) is 8.93. The van der Waals surface area contributed by atoms with E-state index in [9.17, 15) is 14.7 Å². The van der Waals surface area contributed by atoms with Gasteiger partial charge in [-0.05, 0) is 42.3 Å².